The second kappa shape index (κ2) is 5.10. The highest BCUT2D eigenvalue weighted by atomic mass is 79.9. The molecule has 0 aromatic heterocycles. The molecule has 0 spiro atoms. The zero-order valence-electron chi connectivity index (χ0n) is 9.16. The molecule has 0 amide bonds. The van der Waals surface area contributed by atoms with E-state index in [4.69, 9.17) is 4.74 Å². The summed E-state index contributed by atoms with van der Waals surface area (Å²) in [7, 11) is 1.67. The van der Waals surface area contributed by atoms with E-state index in [1.165, 1.54) is 0 Å². The molecular formula is C11H13BrN2OS. The minimum atomic E-state index is 0.394. The Labute approximate surface area is 108 Å². The van der Waals surface area contributed by atoms with E-state index in [9.17, 15) is 0 Å². The fourth-order valence-corrected chi connectivity index (χ4v) is 2.71. The van der Waals surface area contributed by atoms with Crippen LogP contribution in [0.2, 0.25) is 0 Å². The number of nitrogens with zero attached hydrogens (tertiary/aromatic N) is 1. The third-order valence-electron chi connectivity index (χ3n) is 2.20. The number of thioether (sulfide) groups is 1. The van der Waals surface area contributed by atoms with Gasteiger partial charge in [0.05, 0.1) is 18.8 Å². The highest BCUT2D eigenvalue weighted by Gasteiger charge is 2.15. The van der Waals surface area contributed by atoms with Crippen LogP contribution in [0.25, 0.3) is 0 Å². The molecular weight excluding hydrogens is 288 g/mol. The molecule has 0 aliphatic carbocycles. The molecule has 1 N–H and O–H groups in total. The lowest BCUT2D eigenvalue weighted by Gasteiger charge is -2.10. The second-order valence-electron chi connectivity index (χ2n) is 3.56. The van der Waals surface area contributed by atoms with Gasteiger partial charge in [0.1, 0.15) is 5.75 Å². The van der Waals surface area contributed by atoms with Gasteiger partial charge in [0, 0.05) is 10.2 Å². The number of hydrogen-bond donors (Lipinski definition) is 1. The van der Waals surface area contributed by atoms with Crippen molar-refractivity contribution >= 4 is 38.5 Å². The summed E-state index contributed by atoms with van der Waals surface area (Å²) in [5.74, 6) is 1.87. The molecule has 0 saturated heterocycles. The van der Waals surface area contributed by atoms with E-state index in [0.29, 0.717) is 6.04 Å². The van der Waals surface area contributed by atoms with Gasteiger partial charge in [-0.2, -0.15) is 0 Å². The van der Waals surface area contributed by atoms with Gasteiger partial charge >= 0.3 is 0 Å². The number of halogens is 1. The lowest BCUT2D eigenvalue weighted by molar-refractivity contribution is 0.417. The van der Waals surface area contributed by atoms with Crippen LogP contribution in [0.15, 0.2) is 27.7 Å². The van der Waals surface area contributed by atoms with Gasteiger partial charge in [-0.25, -0.2) is 0 Å². The summed E-state index contributed by atoms with van der Waals surface area (Å²) in [5, 5.41) is 4.25. The smallest absolute Gasteiger partial charge is 0.161 e. The van der Waals surface area contributed by atoms with Crippen LogP contribution in [0.3, 0.4) is 0 Å². The Morgan fingerprint density at radius 2 is 2.38 bits per heavy atom. The Balaban J connectivity index is 2.20. The van der Waals surface area contributed by atoms with Gasteiger partial charge in [-0.1, -0.05) is 27.7 Å². The zero-order chi connectivity index (χ0) is 11.5. The van der Waals surface area contributed by atoms with Crippen molar-refractivity contribution in [3.63, 3.8) is 0 Å². The molecule has 1 aromatic rings. The maximum absolute atomic E-state index is 5.29. The van der Waals surface area contributed by atoms with Crippen molar-refractivity contribution < 1.29 is 4.74 Å². The lowest BCUT2D eigenvalue weighted by atomic mass is 10.3. The van der Waals surface area contributed by atoms with Gasteiger partial charge in [-0.15, -0.1) is 0 Å². The average molecular weight is 301 g/mol. The summed E-state index contributed by atoms with van der Waals surface area (Å²) in [4.78, 5) is 4.49. The zero-order valence-corrected chi connectivity index (χ0v) is 11.6. The summed E-state index contributed by atoms with van der Waals surface area (Å²) < 4.78 is 6.31. The largest absolute Gasteiger partial charge is 0.495 e. The third-order valence-corrected chi connectivity index (χ3v) is 3.83. The standard InChI is InChI=1S/C11H13BrN2OS/c1-7-6-16-11(13-7)14-9-5-8(12)3-4-10(9)15-2/h3-5,7H,6H2,1-2H3,(H,13,14). The predicted octanol–water partition coefficient (Wildman–Crippen LogP) is 3.36. The number of aliphatic imine (C=N–C) groups is 1. The topological polar surface area (TPSA) is 33.6 Å². The first-order valence-corrected chi connectivity index (χ1v) is 6.78. The summed E-state index contributed by atoms with van der Waals surface area (Å²) in [6.45, 7) is 2.11. The van der Waals surface area contributed by atoms with E-state index in [1.54, 1.807) is 18.9 Å². The molecule has 0 radical (unpaired) electrons. The number of methoxy groups -OCH3 is 1. The van der Waals surface area contributed by atoms with Crippen LogP contribution in [0.5, 0.6) is 5.75 Å². The highest BCUT2D eigenvalue weighted by Crippen LogP contribution is 2.30. The van der Waals surface area contributed by atoms with Crippen molar-refractivity contribution in [3.8, 4) is 5.75 Å². The SMILES string of the molecule is COc1ccc(Br)cc1NC1=NC(C)CS1. The van der Waals surface area contributed by atoms with E-state index >= 15 is 0 Å². The molecule has 1 atom stereocenters. The number of ether oxygens (including phenoxy) is 1. The molecule has 2 rings (SSSR count). The first kappa shape index (κ1) is 11.8. The fourth-order valence-electron chi connectivity index (χ4n) is 1.44. The van der Waals surface area contributed by atoms with Crippen LogP contribution in [0, 0.1) is 0 Å². The Morgan fingerprint density at radius 1 is 1.56 bits per heavy atom. The molecule has 1 heterocycles. The monoisotopic (exact) mass is 300 g/mol. The van der Waals surface area contributed by atoms with E-state index in [1.807, 2.05) is 18.2 Å². The van der Waals surface area contributed by atoms with Crippen LogP contribution in [-0.2, 0) is 0 Å². The Kier molecular flexibility index (Phi) is 3.76. The fraction of sp³-hybridized carbons (Fsp3) is 0.364. The van der Waals surface area contributed by atoms with Gasteiger partial charge in [-0.3, -0.25) is 4.99 Å². The predicted molar refractivity (Wildman–Crippen MR) is 73.7 cm³/mol. The minimum absolute atomic E-state index is 0.394. The maximum atomic E-state index is 5.29. The van der Waals surface area contributed by atoms with Crippen molar-refractivity contribution in [2.75, 3.05) is 18.2 Å². The maximum Gasteiger partial charge on any atom is 0.161 e. The molecule has 0 bridgehead atoms. The molecule has 5 heteroatoms. The molecule has 86 valence electrons. The van der Waals surface area contributed by atoms with Crippen LogP contribution in [0.1, 0.15) is 6.92 Å². The molecule has 1 unspecified atom stereocenters. The van der Waals surface area contributed by atoms with Gasteiger partial charge < -0.3 is 10.1 Å². The summed E-state index contributed by atoms with van der Waals surface area (Å²) in [6.07, 6.45) is 0. The Hall–Kier alpha value is -0.680. The number of amidine groups is 1. The van der Waals surface area contributed by atoms with Gasteiger partial charge in [0.15, 0.2) is 5.17 Å². The van der Waals surface area contributed by atoms with E-state index in [2.05, 4.69) is 33.2 Å². The Bertz CT molecular complexity index is 422. The van der Waals surface area contributed by atoms with E-state index < -0.39 is 0 Å². The van der Waals surface area contributed by atoms with Crippen LogP contribution in [-0.4, -0.2) is 24.1 Å². The van der Waals surface area contributed by atoms with Gasteiger partial charge in [0.2, 0.25) is 0 Å². The molecule has 0 fully saturated rings. The third kappa shape index (κ3) is 2.71. The number of hydrogen-bond acceptors (Lipinski definition) is 4. The number of anilines is 1. The number of nitrogens with one attached hydrogen (secondary N) is 1. The molecule has 16 heavy (non-hydrogen) atoms. The number of rotatable bonds is 2. The van der Waals surface area contributed by atoms with Gasteiger partial charge in [-0.05, 0) is 25.1 Å². The first-order chi connectivity index (χ1) is 7.69. The quantitative estimate of drug-likeness (QED) is 0.909. The minimum Gasteiger partial charge on any atom is -0.495 e. The van der Waals surface area contributed by atoms with Crippen molar-refractivity contribution in [3.05, 3.63) is 22.7 Å². The summed E-state index contributed by atoms with van der Waals surface area (Å²) in [6, 6.07) is 6.27. The number of benzene rings is 1. The summed E-state index contributed by atoms with van der Waals surface area (Å²) in [5.41, 5.74) is 0.942. The van der Waals surface area contributed by atoms with Crippen LogP contribution >= 0.6 is 27.7 Å². The van der Waals surface area contributed by atoms with Crippen molar-refractivity contribution in [1.29, 1.82) is 0 Å². The molecule has 1 aliphatic rings. The van der Waals surface area contributed by atoms with Crippen LogP contribution in [0.4, 0.5) is 5.69 Å². The van der Waals surface area contributed by atoms with E-state index in [-0.39, 0.29) is 0 Å². The molecule has 1 aromatic carbocycles. The van der Waals surface area contributed by atoms with Crippen molar-refractivity contribution in [2.24, 2.45) is 4.99 Å². The average Bonchev–Trinajstić information content (AvgIpc) is 2.64. The van der Waals surface area contributed by atoms with E-state index in [0.717, 1.165) is 26.8 Å². The second-order valence-corrected chi connectivity index (χ2v) is 5.49. The lowest BCUT2D eigenvalue weighted by Crippen LogP contribution is -2.06. The highest BCUT2D eigenvalue weighted by molar-refractivity contribution is 9.10. The molecule has 1 aliphatic heterocycles. The van der Waals surface area contributed by atoms with Crippen molar-refractivity contribution in [2.45, 2.75) is 13.0 Å². The first-order valence-electron chi connectivity index (χ1n) is 5.00. The molecule has 0 saturated carbocycles. The Morgan fingerprint density at radius 3 is 3.00 bits per heavy atom. The van der Waals surface area contributed by atoms with Gasteiger partial charge in [0.25, 0.3) is 0 Å². The van der Waals surface area contributed by atoms with Crippen molar-refractivity contribution in [1.82, 2.24) is 0 Å². The molecule has 3 nitrogen and oxygen atoms in total. The normalized spacial score (nSPS) is 19.4. The summed E-state index contributed by atoms with van der Waals surface area (Å²) >= 11 is 5.18. The van der Waals surface area contributed by atoms with Crippen LogP contribution < -0.4 is 10.1 Å².